The molecular weight excluding hydrogens is 314 g/mol. The standard InChI is InChI=1S/C21H25NO3/c1-15-19(14-23)20(15)21(24)22(12-16-6-4-3-5-7-16)13-17-8-10-18(25-2)11-9-17/h3-11,15,19-20,23H,12-14H2,1-2H3/t15-,19+,20-/m0/s1. The number of nitrogens with zero attached hydrogens (tertiary/aromatic N) is 1. The van der Waals surface area contributed by atoms with E-state index in [9.17, 15) is 9.90 Å². The lowest BCUT2D eigenvalue weighted by Crippen LogP contribution is -2.32. The van der Waals surface area contributed by atoms with Gasteiger partial charge in [0.2, 0.25) is 5.91 Å². The van der Waals surface area contributed by atoms with Crippen molar-refractivity contribution in [1.82, 2.24) is 4.90 Å². The maximum atomic E-state index is 13.0. The van der Waals surface area contributed by atoms with Gasteiger partial charge in [-0.1, -0.05) is 49.4 Å². The van der Waals surface area contributed by atoms with Gasteiger partial charge in [-0.25, -0.2) is 0 Å². The first-order valence-electron chi connectivity index (χ1n) is 8.70. The van der Waals surface area contributed by atoms with E-state index in [0.29, 0.717) is 13.1 Å². The number of benzene rings is 2. The van der Waals surface area contributed by atoms with E-state index in [1.807, 2.05) is 66.4 Å². The lowest BCUT2D eigenvalue weighted by molar-refractivity contribution is -0.134. The highest BCUT2D eigenvalue weighted by atomic mass is 16.5. The Kier molecular flexibility index (Phi) is 5.39. The number of amides is 1. The molecule has 0 unspecified atom stereocenters. The van der Waals surface area contributed by atoms with E-state index < -0.39 is 0 Å². The van der Waals surface area contributed by atoms with E-state index in [4.69, 9.17) is 4.74 Å². The third-order valence-electron chi connectivity index (χ3n) is 5.12. The predicted octanol–water partition coefficient (Wildman–Crippen LogP) is 3.10. The van der Waals surface area contributed by atoms with Crippen molar-refractivity contribution in [2.75, 3.05) is 13.7 Å². The summed E-state index contributed by atoms with van der Waals surface area (Å²) in [6, 6.07) is 17.8. The number of carbonyl (C=O) groups excluding carboxylic acids is 1. The summed E-state index contributed by atoms with van der Waals surface area (Å²) >= 11 is 0. The fourth-order valence-electron chi connectivity index (χ4n) is 3.41. The number of ether oxygens (including phenoxy) is 1. The molecule has 1 fully saturated rings. The summed E-state index contributed by atoms with van der Waals surface area (Å²) in [6.45, 7) is 3.25. The summed E-state index contributed by atoms with van der Waals surface area (Å²) < 4.78 is 5.20. The monoisotopic (exact) mass is 339 g/mol. The zero-order valence-electron chi connectivity index (χ0n) is 14.8. The normalized spacial score (nSPS) is 21.6. The van der Waals surface area contributed by atoms with Crippen LogP contribution in [0.15, 0.2) is 54.6 Å². The molecule has 1 aliphatic carbocycles. The van der Waals surface area contributed by atoms with Crippen LogP contribution in [-0.2, 0) is 17.9 Å². The largest absolute Gasteiger partial charge is 0.497 e. The first-order valence-corrected chi connectivity index (χ1v) is 8.70. The number of aliphatic hydroxyl groups is 1. The molecule has 4 nitrogen and oxygen atoms in total. The van der Waals surface area contributed by atoms with Crippen LogP contribution >= 0.6 is 0 Å². The smallest absolute Gasteiger partial charge is 0.226 e. The van der Waals surface area contributed by atoms with Crippen LogP contribution in [0.4, 0.5) is 0 Å². The molecule has 1 N–H and O–H groups in total. The van der Waals surface area contributed by atoms with Gasteiger partial charge < -0.3 is 14.7 Å². The van der Waals surface area contributed by atoms with E-state index in [1.54, 1.807) is 7.11 Å². The molecule has 0 saturated heterocycles. The SMILES string of the molecule is COc1ccc(CN(Cc2ccccc2)C(=O)[C@H]2[C@@H](C)[C@H]2CO)cc1. The first kappa shape index (κ1) is 17.5. The van der Waals surface area contributed by atoms with Gasteiger partial charge in [0.1, 0.15) is 5.75 Å². The van der Waals surface area contributed by atoms with E-state index >= 15 is 0 Å². The molecule has 0 radical (unpaired) electrons. The molecule has 0 spiro atoms. The summed E-state index contributed by atoms with van der Waals surface area (Å²) in [5, 5.41) is 9.43. The number of hydrogen-bond donors (Lipinski definition) is 1. The number of hydrogen-bond acceptors (Lipinski definition) is 3. The predicted molar refractivity (Wildman–Crippen MR) is 96.9 cm³/mol. The lowest BCUT2D eigenvalue weighted by Gasteiger charge is -2.24. The number of rotatable bonds is 7. The highest BCUT2D eigenvalue weighted by molar-refractivity contribution is 5.82. The Bertz CT molecular complexity index is 699. The maximum Gasteiger partial charge on any atom is 0.226 e. The second kappa shape index (κ2) is 7.70. The van der Waals surface area contributed by atoms with Crippen LogP contribution in [0, 0.1) is 17.8 Å². The molecule has 3 atom stereocenters. The van der Waals surface area contributed by atoms with Crippen molar-refractivity contribution in [2.24, 2.45) is 17.8 Å². The van der Waals surface area contributed by atoms with Gasteiger partial charge in [0.05, 0.1) is 7.11 Å². The average molecular weight is 339 g/mol. The summed E-state index contributed by atoms with van der Waals surface area (Å²) in [6.07, 6.45) is 0. The second-order valence-corrected chi connectivity index (χ2v) is 6.76. The van der Waals surface area contributed by atoms with E-state index in [2.05, 4.69) is 0 Å². The average Bonchev–Trinajstić information content (AvgIpc) is 3.31. The molecule has 0 heterocycles. The van der Waals surface area contributed by atoms with Gasteiger partial charge in [-0.15, -0.1) is 0 Å². The topological polar surface area (TPSA) is 49.8 Å². The molecule has 132 valence electrons. The lowest BCUT2D eigenvalue weighted by atomic mass is 10.1. The zero-order valence-corrected chi connectivity index (χ0v) is 14.8. The van der Waals surface area contributed by atoms with E-state index in [-0.39, 0.29) is 30.3 Å². The van der Waals surface area contributed by atoms with E-state index in [0.717, 1.165) is 16.9 Å². The highest BCUT2D eigenvalue weighted by Crippen LogP contribution is 2.46. The molecule has 3 rings (SSSR count). The highest BCUT2D eigenvalue weighted by Gasteiger charge is 2.52. The van der Waals surface area contributed by atoms with E-state index in [1.165, 1.54) is 0 Å². The van der Waals surface area contributed by atoms with Crippen molar-refractivity contribution < 1.29 is 14.6 Å². The van der Waals surface area contributed by atoms with Crippen molar-refractivity contribution in [1.29, 1.82) is 0 Å². The Morgan fingerprint density at radius 3 is 2.16 bits per heavy atom. The molecule has 1 amide bonds. The number of methoxy groups -OCH3 is 1. The molecule has 2 aromatic rings. The molecule has 4 heteroatoms. The minimum atomic E-state index is -0.0630. The van der Waals surface area contributed by atoms with Gasteiger partial charge >= 0.3 is 0 Å². The van der Waals surface area contributed by atoms with Crippen LogP contribution in [0.1, 0.15) is 18.1 Å². The Balaban J connectivity index is 1.77. The maximum absolute atomic E-state index is 13.0. The minimum absolute atomic E-state index is 0.0630. The van der Waals surface area contributed by atoms with Gasteiger partial charge in [-0.3, -0.25) is 4.79 Å². The Morgan fingerprint density at radius 2 is 1.64 bits per heavy atom. The van der Waals surface area contributed by atoms with Crippen LogP contribution in [0.5, 0.6) is 5.75 Å². The van der Waals surface area contributed by atoms with Crippen LogP contribution in [0.3, 0.4) is 0 Å². The van der Waals surface area contributed by atoms with Gasteiger partial charge in [0.25, 0.3) is 0 Å². The Labute approximate surface area is 149 Å². The third-order valence-corrected chi connectivity index (χ3v) is 5.12. The van der Waals surface area contributed by atoms with Crippen molar-refractivity contribution in [3.63, 3.8) is 0 Å². The molecule has 1 aliphatic rings. The molecule has 2 aromatic carbocycles. The Morgan fingerprint density at radius 1 is 1.04 bits per heavy atom. The summed E-state index contributed by atoms with van der Waals surface area (Å²) in [5.41, 5.74) is 2.18. The zero-order chi connectivity index (χ0) is 17.8. The van der Waals surface area contributed by atoms with Crippen LogP contribution in [0.25, 0.3) is 0 Å². The van der Waals surface area contributed by atoms with Gasteiger partial charge in [-0.2, -0.15) is 0 Å². The minimum Gasteiger partial charge on any atom is -0.497 e. The van der Waals surface area contributed by atoms with Crippen molar-refractivity contribution >= 4 is 5.91 Å². The molecule has 0 bridgehead atoms. The number of aliphatic hydroxyl groups excluding tert-OH is 1. The second-order valence-electron chi connectivity index (χ2n) is 6.76. The van der Waals surface area contributed by atoms with Crippen LogP contribution < -0.4 is 4.74 Å². The third kappa shape index (κ3) is 4.02. The number of carbonyl (C=O) groups is 1. The van der Waals surface area contributed by atoms with Crippen molar-refractivity contribution in [3.05, 3.63) is 65.7 Å². The van der Waals surface area contributed by atoms with Crippen LogP contribution in [-0.4, -0.2) is 29.6 Å². The summed E-state index contributed by atoms with van der Waals surface area (Å²) in [5.74, 6) is 1.23. The van der Waals surface area contributed by atoms with Crippen LogP contribution in [0.2, 0.25) is 0 Å². The summed E-state index contributed by atoms with van der Waals surface area (Å²) in [4.78, 5) is 14.9. The Hall–Kier alpha value is -2.33. The fourth-order valence-corrected chi connectivity index (χ4v) is 3.41. The molecule has 25 heavy (non-hydrogen) atoms. The molecule has 1 saturated carbocycles. The van der Waals surface area contributed by atoms with Crippen molar-refractivity contribution in [3.8, 4) is 5.75 Å². The molecule has 0 aromatic heterocycles. The fraction of sp³-hybridized carbons (Fsp3) is 0.381. The summed E-state index contributed by atoms with van der Waals surface area (Å²) in [7, 11) is 1.64. The van der Waals surface area contributed by atoms with Gasteiger partial charge in [0.15, 0.2) is 0 Å². The van der Waals surface area contributed by atoms with Gasteiger partial charge in [-0.05, 0) is 35.1 Å². The van der Waals surface area contributed by atoms with Gasteiger partial charge in [0, 0.05) is 25.6 Å². The first-order chi connectivity index (χ1) is 12.1. The van der Waals surface area contributed by atoms with Crippen molar-refractivity contribution in [2.45, 2.75) is 20.0 Å². The quantitative estimate of drug-likeness (QED) is 0.843. The molecule has 0 aliphatic heterocycles. The molecular formula is C21H25NO3.